The normalized spacial score (nSPS) is 11.3. The van der Waals surface area contributed by atoms with E-state index in [9.17, 15) is 4.39 Å². The molecule has 0 aliphatic rings. The SMILES string of the molecule is CN=C(NCCc1ccc(F)cc1C)NCCN(C)CCOC.I. The lowest BCUT2D eigenvalue weighted by atomic mass is 10.1. The van der Waals surface area contributed by atoms with Crippen molar-refractivity contribution in [1.82, 2.24) is 15.5 Å². The van der Waals surface area contributed by atoms with Crippen LogP contribution in [0.2, 0.25) is 0 Å². The van der Waals surface area contributed by atoms with Crippen LogP contribution in [-0.4, -0.2) is 64.9 Å². The molecule has 0 saturated heterocycles. The summed E-state index contributed by atoms with van der Waals surface area (Å²) >= 11 is 0. The number of aryl methyl sites for hydroxylation is 1. The number of methoxy groups -OCH3 is 1. The van der Waals surface area contributed by atoms with Crippen LogP contribution in [0, 0.1) is 12.7 Å². The number of hydrogen-bond acceptors (Lipinski definition) is 3. The highest BCUT2D eigenvalue weighted by molar-refractivity contribution is 14.0. The van der Waals surface area contributed by atoms with Gasteiger partial charge in [0.2, 0.25) is 0 Å². The summed E-state index contributed by atoms with van der Waals surface area (Å²) in [6, 6.07) is 4.91. The lowest BCUT2D eigenvalue weighted by molar-refractivity contribution is 0.162. The fraction of sp³-hybridized carbons (Fsp3) is 0.588. The zero-order valence-electron chi connectivity index (χ0n) is 15.1. The number of halogens is 2. The van der Waals surface area contributed by atoms with Crippen molar-refractivity contribution >= 4 is 29.9 Å². The van der Waals surface area contributed by atoms with Crippen LogP contribution in [0.1, 0.15) is 11.1 Å². The molecule has 1 aromatic carbocycles. The summed E-state index contributed by atoms with van der Waals surface area (Å²) in [4.78, 5) is 6.41. The molecule has 1 rings (SSSR count). The van der Waals surface area contributed by atoms with Crippen LogP contribution < -0.4 is 10.6 Å². The molecule has 0 heterocycles. The van der Waals surface area contributed by atoms with Gasteiger partial charge in [0.25, 0.3) is 0 Å². The monoisotopic (exact) mass is 452 g/mol. The van der Waals surface area contributed by atoms with Crippen molar-refractivity contribution in [2.45, 2.75) is 13.3 Å². The molecule has 0 radical (unpaired) electrons. The minimum atomic E-state index is -0.186. The molecule has 0 amide bonds. The Hall–Kier alpha value is -0.930. The molecule has 24 heavy (non-hydrogen) atoms. The summed E-state index contributed by atoms with van der Waals surface area (Å²) < 4.78 is 18.1. The van der Waals surface area contributed by atoms with E-state index < -0.39 is 0 Å². The Balaban J connectivity index is 0.00000529. The Labute approximate surface area is 162 Å². The van der Waals surface area contributed by atoms with E-state index in [2.05, 4.69) is 27.6 Å². The third-order valence-corrected chi connectivity index (χ3v) is 3.68. The van der Waals surface area contributed by atoms with Crippen molar-refractivity contribution in [1.29, 1.82) is 0 Å². The van der Waals surface area contributed by atoms with Gasteiger partial charge < -0.3 is 20.3 Å². The topological polar surface area (TPSA) is 48.9 Å². The summed E-state index contributed by atoms with van der Waals surface area (Å²) in [7, 11) is 5.53. The average molecular weight is 452 g/mol. The van der Waals surface area contributed by atoms with Crippen molar-refractivity contribution in [3.63, 3.8) is 0 Å². The maximum atomic E-state index is 13.1. The van der Waals surface area contributed by atoms with E-state index in [4.69, 9.17) is 4.74 Å². The predicted molar refractivity (Wildman–Crippen MR) is 109 cm³/mol. The Kier molecular flexibility index (Phi) is 12.9. The Morgan fingerprint density at radius 2 is 1.96 bits per heavy atom. The number of likely N-dealkylation sites (N-methyl/N-ethyl adjacent to an activating group) is 1. The zero-order chi connectivity index (χ0) is 17.1. The lowest BCUT2D eigenvalue weighted by Gasteiger charge is -2.18. The van der Waals surface area contributed by atoms with Crippen molar-refractivity contribution in [3.8, 4) is 0 Å². The predicted octanol–water partition coefficient (Wildman–Crippen LogP) is 2.04. The molecule has 0 fully saturated rings. The van der Waals surface area contributed by atoms with Crippen molar-refractivity contribution in [3.05, 3.63) is 35.1 Å². The number of nitrogens with zero attached hydrogens (tertiary/aromatic N) is 2. The van der Waals surface area contributed by atoms with E-state index in [1.165, 1.54) is 6.07 Å². The molecule has 138 valence electrons. The zero-order valence-corrected chi connectivity index (χ0v) is 17.4. The van der Waals surface area contributed by atoms with Gasteiger partial charge in [-0.05, 0) is 43.7 Å². The molecule has 0 bridgehead atoms. The molecule has 0 saturated carbocycles. The van der Waals surface area contributed by atoms with Crippen LogP contribution in [0.25, 0.3) is 0 Å². The second-order valence-electron chi connectivity index (χ2n) is 5.54. The molecule has 0 aliphatic carbocycles. The average Bonchev–Trinajstić information content (AvgIpc) is 2.53. The maximum Gasteiger partial charge on any atom is 0.191 e. The lowest BCUT2D eigenvalue weighted by Crippen LogP contribution is -2.42. The minimum absolute atomic E-state index is 0. The van der Waals surface area contributed by atoms with Gasteiger partial charge in [-0.2, -0.15) is 0 Å². The van der Waals surface area contributed by atoms with E-state index in [1.54, 1.807) is 20.2 Å². The highest BCUT2D eigenvalue weighted by Crippen LogP contribution is 2.10. The number of aliphatic imine (C=N–C) groups is 1. The molecule has 5 nitrogen and oxygen atoms in total. The Morgan fingerprint density at radius 3 is 2.58 bits per heavy atom. The largest absolute Gasteiger partial charge is 0.383 e. The van der Waals surface area contributed by atoms with Gasteiger partial charge >= 0.3 is 0 Å². The first-order valence-corrected chi connectivity index (χ1v) is 7.94. The molecule has 7 heteroatoms. The molecule has 2 N–H and O–H groups in total. The number of benzene rings is 1. The minimum Gasteiger partial charge on any atom is -0.383 e. The molecule has 0 unspecified atom stereocenters. The van der Waals surface area contributed by atoms with Gasteiger partial charge in [0.1, 0.15) is 5.82 Å². The summed E-state index contributed by atoms with van der Waals surface area (Å²) in [6.07, 6.45) is 0.834. The van der Waals surface area contributed by atoms with Crippen LogP contribution in [0.4, 0.5) is 4.39 Å². The summed E-state index contributed by atoms with van der Waals surface area (Å²) in [5.41, 5.74) is 2.13. The third kappa shape index (κ3) is 9.39. The number of nitrogens with one attached hydrogen (secondary N) is 2. The van der Waals surface area contributed by atoms with E-state index in [0.717, 1.165) is 56.3 Å². The Bertz CT molecular complexity index is 499. The van der Waals surface area contributed by atoms with Crippen LogP contribution in [0.5, 0.6) is 0 Å². The quantitative estimate of drug-likeness (QED) is 0.342. The maximum absolute atomic E-state index is 13.1. The second kappa shape index (κ2) is 13.4. The van der Waals surface area contributed by atoms with Crippen molar-refractivity contribution < 1.29 is 9.13 Å². The van der Waals surface area contributed by atoms with E-state index >= 15 is 0 Å². The van der Waals surface area contributed by atoms with Gasteiger partial charge in [0.05, 0.1) is 6.61 Å². The van der Waals surface area contributed by atoms with Crippen LogP contribution in [-0.2, 0) is 11.2 Å². The van der Waals surface area contributed by atoms with E-state index in [-0.39, 0.29) is 29.8 Å². The van der Waals surface area contributed by atoms with Crippen LogP contribution >= 0.6 is 24.0 Å². The molecule has 1 aromatic rings. The number of hydrogen-bond donors (Lipinski definition) is 2. The van der Waals surface area contributed by atoms with Gasteiger partial charge in [-0.15, -0.1) is 24.0 Å². The molecular formula is C17H30FIN4O. The number of ether oxygens (including phenoxy) is 1. The van der Waals surface area contributed by atoms with Crippen LogP contribution in [0.15, 0.2) is 23.2 Å². The molecule has 0 spiro atoms. The van der Waals surface area contributed by atoms with Crippen molar-refractivity contribution in [2.75, 3.05) is 54.0 Å². The van der Waals surface area contributed by atoms with Gasteiger partial charge in [-0.1, -0.05) is 6.07 Å². The smallest absolute Gasteiger partial charge is 0.191 e. The fourth-order valence-corrected chi connectivity index (χ4v) is 2.20. The highest BCUT2D eigenvalue weighted by atomic mass is 127. The number of rotatable bonds is 9. The Morgan fingerprint density at radius 1 is 1.25 bits per heavy atom. The highest BCUT2D eigenvalue weighted by Gasteiger charge is 2.02. The molecular weight excluding hydrogens is 422 g/mol. The van der Waals surface area contributed by atoms with Gasteiger partial charge in [-0.3, -0.25) is 4.99 Å². The second-order valence-corrected chi connectivity index (χ2v) is 5.54. The first-order chi connectivity index (χ1) is 11.1. The van der Waals surface area contributed by atoms with Gasteiger partial charge in [-0.25, -0.2) is 4.39 Å². The first-order valence-electron chi connectivity index (χ1n) is 7.94. The number of guanidine groups is 1. The summed E-state index contributed by atoms with van der Waals surface area (Å²) in [5.74, 6) is 0.596. The molecule has 0 atom stereocenters. The van der Waals surface area contributed by atoms with E-state index in [1.807, 2.05) is 13.0 Å². The fourth-order valence-electron chi connectivity index (χ4n) is 2.20. The summed E-state index contributed by atoms with van der Waals surface area (Å²) in [5, 5.41) is 6.56. The molecule has 0 aliphatic heterocycles. The molecule has 0 aromatic heterocycles. The van der Waals surface area contributed by atoms with E-state index in [0.29, 0.717) is 0 Å². The third-order valence-electron chi connectivity index (χ3n) is 3.68. The van der Waals surface area contributed by atoms with Gasteiger partial charge in [0, 0.05) is 40.3 Å². The summed E-state index contributed by atoms with van der Waals surface area (Å²) in [6.45, 7) is 6.07. The first kappa shape index (κ1) is 23.1. The van der Waals surface area contributed by atoms with Gasteiger partial charge in [0.15, 0.2) is 5.96 Å². The standard InChI is InChI=1S/C17H29FN4O.HI/c1-14-13-16(18)6-5-15(14)7-8-20-17(19-2)21-9-10-22(3)11-12-23-4;/h5-6,13H,7-12H2,1-4H3,(H2,19,20,21);1H. The van der Waals surface area contributed by atoms with Crippen molar-refractivity contribution in [2.24, 2.45) is 4.99 Å². The van der Waals surface area contributed by atoms with Crippen LogP contribution in [0.3, 0.4) is 0 Å².